The molecule has 20 heavy (non-hydrogen) atoms. The molecule has 0 fully saturated rings. The lowest BCUT2D eigenvalue weighted by Crippen LogP contribution is -2.11. The van der Waals surface area contributed by atoms with Gasteiger partial charge in [0.25, 0.3) is 0 Å². The quantitative estimate of drug-likeness (QED) is 0.378. The summed E-state index contributed by atoms with van der Waals surface area (Å²) >= 11 is -2.01. The van der Waals surface area contributed by atoms with Gasteiger partial charge < -0.3 is 14.0 Å². The van der Waals surface area contributed by atoms with Gasteiger partial charge in [0, 0.05) is 6.08 Å². The topological polar surface area (TPSA) is 72.8 Å². The molecule has 0 radical (unpaired) electrons. The summed E-state index contributed by atoms with van der Waals surface area (Å²) in [5, 5.41) is 0. The second-order valence-electron chi connectivity index (χ2n) is 4.15. The maximum absolute atomic E-state index is 11.1. The number of rotatable bonds is 6. The number of esters is 1. The highest BCUT2D eigenvalue weighted by atomic mass is 32.2. The molecule has 0 aliphatic carbocycles. The Bertz CT molecular complexity index is 513. The third-order valence-electron chi connectivity index (χ3n) is 2.51. The first kappa shape index (κ1) is 16.4. The Morgan fingerprint density at radius 2 is 1.90 bits per heavy atom. The van der Waals surface area contributed by atoms with Crippen LogP contribution in [0, 0.1) is 13.8 Å². The van der Waals surface area contributed by atoms with E-state index in [9.17, 15) is 9.00 Å². The predicted molar refractivity (Wildman–Crippen MR) is 76.2 cm³/mol. The van der Waals surface area contributed by atoms with Crippen LogP contribution in [-0.2, 0) is 20.6 Å². The van der Waals surface area contributed by atoms with Gasteiger partial charge in [-0.05, 0) is 44.0 Å². The second kappa shape index (κ2) is 7.81. The van der Waals surface area contributed by atoms with Crippen molar-refractivity contribution in [3.05, 3.63) is 35.4 Å². The first-order valence-electron chi connectivity index (χ1n) is 6.10. The number of carbonyl (C=O) groups excluding carboxylic acids is 1. The van der Waals surface area contributed by atoms with E-state index in [2.05, 4.69) is 0 Å². The normalized spacial score (nSPS) is 12.4. The molecular formula is C14H18O5S. The van der Waals surface area contributed by atoms with E-state index < -0.39 is 17.0 Å². The summed E-state index contributed by atoms with van der Waals surface area (Å²) in [6.45, 7) is 5.70. The van der Waals surface area contributed by atoms with E-state index in [1.807, 2.05) is 0 Å². The van der Waals surface area contributed by atoms with Gasteiger partial charge in [-0.2, -0.15) is 0 Å². The molecule has 110 valence electrons. The van der Waals surface area contributed by atoms with E-state index in [0.717, 1.165) is 11.1 Å². The summed E-state index contributed by atoms with van der Waals surface area (Å²) in [5.41, 5.74) is 1.53. The molecule has 1 unspecified atom stereocenters. The average molecular weight is 298 g/mol. The first-order valence-corrected chi connectivity index (χ1v) is 7.20. The zero-order valence-electron chi connectivity index (χ0n) is 11.7. The number of benzene rings is 1. The number of hydrogen-bond acceptors (Lipinski definition) is 4. The zero-order valence-corrected chi connectivity index (χ0v) is 12.5. The van der Waals surface area contributed by atoms with Crippen molar-refractivity contribution in [3.8, 4) is 5.75 Å². The standard InChI is InChI=1S/C14H18O5S/c1-4-5-13(15)18-6-7-19-14-10(2)8-12(20(16)17)9-11(14)3/h4-5,8-9H,6-7H2,1-3H3,(H,16,17). The molecule has 5 nitrogen and oxygen atoms in total. The van der Waals surface area contributed by atoms with E-state index in [-0.39, 0.29) is 13.2 Å². The fourth-order valence-electron chi connectivity index (χ4n) is 1.71. The highest BCUT2D eigenvalue weighted by Crippen LogP contribution is 2.25. The lowest BCUT2D eigenvalue weighted by molar-refractivity contribution is -0.138. The van der Waals surface area contributed by atoms with E-state index in [4.69, 9.17) is 14.0 Å². The Morgan fingerprint density at radius 3 is 2.40 bits per heavy atom. The molecule has 0 aromatic heterocycles. The predicted octanol–water partition coefficient (Wildman–Crippen LogP) is 2.38. The van der Waals surface area contributed by atoms with Crippen molar-refractivity contribution in [2.24, 2.45) is 0 Å². The van der Waals surface area contributed by atoms with Crippen LogP contribution in [0.25, 0.3) is 0 Å². The number of aryl methyl sites for hydroxylation is 2. The van der Waals surface area contributed by atoms with Crippen LogP contribution >= 0.6 is 0 Å². The minimum Gasteiger partial charge on any atom is -0.489 e. The van der Waals surface area contributed by atoms with Crippen LogP contribution in [0.5, 0.6) is 5.75 Å². The van der Waals surface area contributed by atoms with Crippen LogP contribution in [0.1, 0.15) is 18.1 Å². The summed E-state index contributed by atoms with van der Waals surface area (Å²) in [7, 11) is 0. The van der Waals surface area contributed by atoms with Gasteiger partial charge in [-0.25, -0.2) is 9.00 Å². The van der Waals surface area contributed by atoms with E-state index >= 15 is 0 Å². The molecule has 1 atom stereocenters. The van der Waals surface area contributed by atoms with Gasteiger partial charge in [0.1, 0.15) is 19.0 Å². The van der Waals surface area contributed by atoms with Gasteiger partial charge in [-0.3, -0.25) is 0 Å². The summed E-state index contributed by atoms with van der Waals surface area (Å²) in [5.74, 6) is 0.233. The van der Waals surface area contributed by atoms with Crippen LogP contribution in [0.2, 0.25) is 0 Å². The van der Waals surface area contributed by atoms with Crippen LogP contribution in [0.15, 0.2) is 29.2 Å². The minimum atomic E-state index is -2.01. The highest BCUT2D eigenvalue weighted by Gasteiger charge is 2.09. The second-order valence-corrected chi connectivity index (χ2v) is 5.12. The van der Waals surface area contributed by atoms with Crippen LogP contribution in [-0.4, -0.2) is 27.9 Å². The molecule has 0 spiro atoms. The van der Waals surface area contributed by atoms with E-state index in [1.54, 1.807) is 39.0 Å². The maximum Gasteiger partial charge on any atom is 0.330 e. The molecule has 1 N–H and O–H groups in total. The SMILES string of the molecule is CC=CC(=O)OCCOc1c(C)cc(S(=O)O)cc1C. The molecule has 0 amide bonds. The maximum atomic E-state index is 11.1. The third kappa shape index (κ3) is 4.79. The van der Waals surface area contributed by atoms with Crippen LogP contribution in [0.3, 0.4) is 0 Å². The Morgan fingerprint density at radius 1 is 1.30 bits per heavy atom. The molecule has 6 heteroatoms. The Labute approximate surface area is 120 Å². The molecule has 0 aliphatic heterocycles. The van der Waals surface area contributed by atoms with Crippen LogP contribution < -0.4 is 4.74 Å². The molecule has 1 rings (SSSR count). The largest absolute Gasteiger partial charge is 0.489 e. The van der Waals surface area contributed by atoms with Crippen molar-refractivity contribution in [2.45, 2.75) is 25.7 Å². The summed E-state index contributed by atoms with van der Waals surface area (Å²) < 4.78 is 30.5. The third-order valence-corrected chi connectivity index (χ3v) is 3.15. The Hall–Kier alpha value is -1.66. The fraction of sp³-hybridized carbons (Fsp3) is 0.357. The monoisotopic (exact) mass is 298 g/mol. The van der Waals surface area contributed by atoms with Gasteiger partial charge >= 0.3 is 5.97 Å². The Kier molecular flexibility index (Phi) is 6.41. The number of hydrogen-bond donors (Lipinski definition) is 1. The highest BCUT2D eigenvalue weighted by molar-refractivity contribution is 7.79. The smallest absolute Gasteiger partial charge is 0.330 e. The summed E-state index contributed by atoms with van der Waals surface area (Å²) in [4.78, 5) is 11.4. The molecule has 0 saturated heterocycles. The van der Waals surface area contributed by atoms with Crippen molar-refractivity contribution in [3.63, 3.8) is 0 Å². The Balaban J connectivity index is 2.61. The molecular weight excluding hydrogens is 280 g/mol. The van der Waals surface area contributed by atoms with Gasteiger partial charge in [0.15, 0.2) is 11.1 Å². The fourth-order valence-corrected chi connectivity index (χ4v) is 2.26. The van der Waals surface area contributed by atoms with Gasteiger partial charge in [-0.1, -0.05) is 6.08 Å². The van der Waals surface area contributed by atoms with Crippen LogP contribution in [0.4, 0.5) is 0 Å². The van der Waals surface area contributed by atoms with Crippen molar-refractivity contribution in [1.82, 2.24) is 0 Å². The van der Waals surface area contributed by atoms with Crippen molar-refractivity contribution in [2.75, 3.05) is 13.2 Å². The molecule has 0 heterocycles. The molecule has 1 aromatic rings. The van der Waals surface area contributed by atoms with E-state index in [0.29, 0.717) is 10.6 Å². The molecule has 0 bridgehead atoms. The molecule has 0 saturated carbocycles. The van der Waals surface area contributed by atoms with Crippen molar-refractivity contribution >= 4 is 17.0 Å². The van der Waals surface area contributed by atoms with Gasteiger partial charge in [-0.15, -0.1) is 0 Å². The minimum absolute atomic E-state index is 0.149. The summed E-state index contributed by atoms with van der Waals surface area (Å²) in [6.07, 6.45) is 2.94. The van der Waals surface area contributed by atoms with E-state index in [1.165, 1.54) is 6.08 Å². The number of allylic oxidation sites excluding steroid dienone is 1. The molecule has 0 aliphatic rings. The zero-order chi connectivity index (χ0) is 15.1. The number of ether oxygens (including phenoxy) is 2. The first-order chi connectivity index (χ1) is 9.45. The van der Waals surface area contributed by atoms with Gasteiger partial charge in [0.05, 0.1) is 4.90 Å². The van der Waals surface area contributed by atoms with Crippen molar-refractivity contribution in [1.29, 1.82) is 0 Å². The number of carbonyl (C=O) groups is 1. The lowest BCUT2D eigenvalue weighted by Gasteiger charge is -2.13. The average Bonchev–Trinajstić information content (AvgIpc) is 2.36. The lowest BCUT2D eigenvalue weighted by atomic mass is 10.1. The summed E-state index contributed by atoms with van der Waals surface area (Å²) in [6, 6.07) is 3.20. The van der Waals surface area contributed by atoms with Crippen molar-refractivity contribution < 1.29 is 23.0 Å². The van der Waals surface area contributed by atoms with Gasteiger partial charge in [0.2, 0.25) is 0 Å². The molecule has 1 aromatic carbocycles.